The van der Waals surface area contributed by atoms with E-state index in [-0.39, 0.29) is 0 Å². The van der Waals surface area contributed by atoms with Crippen LogP contribution in [0.2, 0.25) is 0 Å². The molecule has 0 aliphatic heterocycles. The van der Waals surface area contributed by atoms with E-state index in [1.165, 1.54) is 44.5 Å². The molecule has 0 unspecified atom stereocenters. The fraction of sp³-hybridized carbons (Fsp3) is 0.0164. The summed E-state index contributed by atoms with van der Waals surface area (Å²) in [5.74, 6) is 0. The number of hydrogen-bond acceptors (Lipinski definition) is 2. The molecule has 0 spiro atoms. The summed E-state index contributed by atoms with van der Waals surface area (Å²) in [6.45, 7) is 0. The van der Waals surface area contributed by atoms with Gasteiger partial charge in [0.1, 0.15) is 11.2 Å². The van der Waals surface area contributed by atoms with Gasteiger partial charge in [-0.25, -0.2) is 0 Å². The number of hydrogen-bond donors (Lipinski definition) is 0. The van der Waals surface area contributed by atoms with Crippen LogP contribution in [-0.4, -0.2) is 0 Å². The van der Waals surface area contributed by atoms with E-state index in [1.54, 1.807) is 0 Å². The highest BCUT2D eigenvalue weighted by Crippen LogP contribution is 2.57. The van der Waals surface area contributed by atoms with Crippen LogP contribution in [0.3, 0.4) is 0 Å². The lowest BCUT2D eigenvalue weighted by molar-refractivity contribution is 0.670. The van der Waals surface area contributed by atoms with E-state index in [2.05, 4.69) is 241 Å². The summed E-state index contributed by atoms with van der Waals surface area (Å²) >= 11 is 0. The first-order valence-corrected chi connectivity index (χ1v) is 21.7. The van der Waals surface area contributed by atoms with Crippen molar-refractivity contribution in [3.8, 4) is 44.5 Å². The molecule has 1 heterocycles. The van der Waals surface area contributed by atoms with E-state index in [9.17, 15) is 0 Å². The number of furan rings is 1. The second-order valence-electron chi connectivity index (χ2n) is 16.4. The Labute approximate surface area is 367 Å². The van der Waals surface area contributed by atoms with Crippen LogP contribution >= 0.6 is 0 Å². The molecule has 0 bridgehead atoms. The van der Waals surface area contributed by atoms with Crippen molar-refractivity contribution in [3.05, 3.63) is 271 Å². The van der Waals surface area contributed by atoms with Gasteiger partial charge in [-0.05, 0) is 110 Å². The topological polar surface area (TPSA) is 16.4 Å². The monoisotopic (exact) mass is 803 g/mol. The van der Waals surface area contributed by atoms with Crippen molar-refractivity contribution >= 4 is 39.0 Å². The Morgan fingerprint density at radius 2 is 0.794 bits per heavy atom. The summed E-state index contributed by atoms with van der Waals surface area (Å²) in [5.41, 5.74) is 19.1. The fourth-order valence-electron chi connectivity index (χ4n) is 10.1. The molecule has 2 nitrogen and oxygen atoms in total. The molecule has 1 aromatic heterocycles. The zero-order valence-electron chi connectivity index (χ0n) is 34.5. The lowest BCUT2D eigenvalue weighted by Gasteiger charge is -2.35. The minimum atomic E-state index is -0.505. The lowest BCUT2D eigenvalue weighted by Crippen LogP contribution is -2.28. The molecule has 0 atom stereocenters. The van der Waals surface area contributed by atoms with E-state index in [0.29, 0.717) is 0 Å². The smallest absolute Gasteiger partial charge is 0.143 e. The van der Waals surface area contributed by atoms with Gasteiger partial charge < -0.3 is 9.32 Å². The highest BCUT2D eigenvalue weighted by Gasteiger charge is 2.46. The summed E-state index contributed by atoms with van der Waals surface area (Å²) in [6.07, 6.45) is 0. The van der Waals surface area contributed by atoms with Crippen LogP contribution in [0.1, 0.15) is 22.3 Å². The maximum atomic E-state index is 6.45. The molecule has 63 heavy (non-hydrogen) atoms. The van der Waals surface area contributed by atoms with E-state index < -0.39 is 5.41 Å². The molecule has 12 rings (SSSR count). The summed E-state index contributed by atoms with van der Waals surface area (Å²) in [7, 11) is 0. The van der Waals surface area contributed by atoms with Gasteiger partial charge in [-0.3, -0.25) is 0 Å². The van der Waals surface area contributed by atoms with Gasteiger partial charge >= 0.3 is 0 Å². The summed E-state index contributed by atoms with van der Waals surface area (Å²) < 4.78 is 6.45. The second kappa shape index (κ2) is 15.1. The minimum Gasteiger partial charge on any atom is -0.455 e. The van der Waals surface area contributed by atoms with Gasteiger partial charge in [-0.1, -0.05) is 200 Å². The van der Waals surface area contributed by atoms with E-state index >= 15 is 0 Å². The molecule has 2 heteroatoms. The van der Waals surface area contributed by atoms with Crippen LogP contribution < -0.4 is 4.90 Å². The molecule has 10 aromatic carbocycles. The molecule has 0 N–H and O–H groups in total. The van der Waals surface area contributed by atoms with Crippen LogP contribution in [0.4, 0.5) is 17.1 Å². The number of nitrogens with zero attached hydrogens (tertiary/aromatic N) is 1. The molecule has 0 saturated carbocycles. The van der Waals surface area contributed by atoms with E-state index in [1.807, 2.05) is 12.1 Å². The zero-order chi connectivity index (χ0) is 41.7. The standard InChI is InChI=1S/C61H41NO/c1-4-16-42(17-5-1)43-30-34-49(35-31-43)62(50-36-32-44(33-37-50)45-18-14-19-46(40-45)52-26-15-27-56-55-25-11-13-29-59(55)63-60(52)56)51-38-39-54-53-24-10-12-28-57(53)61(58(54)41-51,47-20-6-2-7-21-47)48-22-8-3-9-23-48/h1-41H. The van der Waals surface area contributed by atoms with Crippen molar-refractivity contribution in [2.45, 2.75) is 5.41 Å². The van der Waals surface area contributed by atoms with E-state index in [0.717, 1.165) is 61.3 Å². The molecule has 0 fully saturated rings. The van der Waals surface area contributed by atoms with Crippen LogP contribution in [0.25, 0.3) is 66.4 Å². The number of rotatable bonds is 8. The molecule has 0 amide bonds. The molecular weight excluding hydrogens is 763 g/mol. The third kappa shape index (κ3) is 6.02. The van der Waals surface area contributed by atoms with Crippen LogP contribution in [0, 0.1) is 0 Å². The van der Waals surface area contributed by atoms with Gasteiger partial charge in [0.2, 0.25) is 0 Å². The van der Waals surface area contributed by atoms with Crippen LogP contribution in [0.5, 0.6) is 0 Å². The maximum Gasteiger partial charge on any atom is 0.143 e. The predicted molar refractivity (Wildman–Crippen MR) is 262 cm³/mol. The average molecular weight is 804 g/mol. The zero-order valence-corrected chi connectivity index (χ0v) is 34.5. The third-order valence-corrected chi connectivity index (χ3v) is 13.0. The van der Waals surface area contributed by atoms with Crippen molar-refractivity contribution in [1.29, 1.82) is 0 Å². The summed E-state index contributed by atoms with van der Waals surface area (Å²) in [5, 5.41) is 2.27. The van der Waals surface area contributed by atoms with Crippen LogP contribution in [0.15, 0.2) is 253 Å². The summed E-state index contributed by atoms with van der Waals surface area (Å²) in [4.78, 5) is 2.40. The molecule has 11 aromatic rings. The number of benzene rings is 10. The molecule has 0 saturated heterocycles. The van der Waals surface area contributed by atoms with E-state index in [4.69, 9.17) is 4.42 Å². The quantitative estimate of drug-likeness (QED) is 0.152. The first-order valence-electron chi connectivity index (χ1n) is 21.7. The minimum absolute atomic E-state index is 0.505. The number of para-hydroxylation sites is 2. The van der Waals surface area contributed by atoms with Gasteiger partial charge in [0.25, 0.3) is 0 Å². The molecule has 1 aliphatic rings. The normalized spacial score (nSPS) is 12.6. The summed E-state index contributed by atoms with van der Waals surface area (Å²) in [6, 6.07) is 90.2. The third-order valence-electron chi connectivity index (χ3n) is 13.0. The van der Waals surface area contributed by atoms with Crippen molar-refractivity contribution in [2.24, 2.45) is 0 Å². The van der Waals surface area contributed by atoms with Gasteiger partial charge in [0.15, 0.2) is 0 Å². The number of fused-ring (bicyclic) bond motifs is 6. The van der Waals surface area contributed by atoms with Crippen molar-refractivity contribution in [2.75, 3.05) is 4.90 Å². The Morgan fingerprint density at radius 3 is 1.51 bits per heavy atom. The first-order chi connectivity index (χ1) is 31.2. The highest BCUT2D eigenvalue weighted by molar-refractivity contribution is 6.09. The molecule has 0 radical (unpaired) electrons. The largest absolute Gasteiger partial charge is 0.455 e. The molecule has 296 valence electrons. The lowest BCUT2D eigenvalue weighted by atomic mass is 9.67. The Kier molecular flexibility index (Phi) is 8.76. The molecular formula is C61H41NO. The van der Waals surface area contributed by atoms with Gasteiger partial charge in [-0.2, -0.15) is 0 Å². The highest BCUT2D eigenvalue weighted by atomic mass is 16.3. The average Bonchev–Trinajstić information content (AvgIpc) is 3.89. The predicted octanol–water partition coefficient (Wildman–Crippen LogP) is 16.4. The van der Waals surface area contributed by atoms with Crippen molar-refractivity contribution in [3.63, 3.8) is 0 Å². The maximum absolute atomic E-state index is 6.45. The fourth-order valence-corrected chi connectivity index (χ4v) is 10.1. The van der Waals surface area contributed by atoms with Crippen molar-refractivity contribution in [1.82, 2.24) is 0 Å². The van der Waals surface area contributed by atoms with Gasteiger partial charge in [0.05, 0.1) is 5.41 Å². The Bertz CT molecular complexity index is 3380. The van der Waals surface area contributed by atoms with Gasteiger partial charge in [-0.15, -0.1) is 0 Å². The van der Waals surface area contributed by atoms with Crippen molar-refractivity contribution < 1.29 is 4.42 Å². The Morgan fingerprint density at radius 1 is 0.302 bits per heavy atom. The Balaban J connectivity index is 0.995. The Hall–Kier alpha value is -8.20. The SMILES string of the molecule is c1ccc(-c2ccc(N(c3ccc(-c4cccc(-c5cccc6c5oc5ccccc56)c4)cc3)c3ccc4c(c3)C(c3ccccc3)(c3ccccc3)c3ccccc3-4)cc2)cc1. The second-order valence-corrected chi connectivity index (χ2v) is 16.4. The first kappa shape index (κ1) is 36.6. The van der Waals surface area contributed by atoms with Gasteiger partial charge in [0, 0.05) is 33.4 Å². The number of anilines is 3. The van der Waals surface area contributed by atoms with Crippen LogP contribution in [-0.2, 0) is 5.41 Å². The molecule has 1 aliphatic carbocycles.